The standard InChI is InChI=1S/C13H16BrN3OS/c1-8-13(19-7-16-8)11(17-15)6-9-3-4-12(18-2)10(14)5-9/h3-5,7,11,17H,6,15H2,1-2H3. The van der Waals surface area contributed by atoms with Crippen molar-refractivity contribution in [3.63, 3.8) is 0 Å². The van der Waals surface area contributed by atoms with E-state index in [9.17, 15) is 0 Å². The van der Waals surface area contributed by atoms with Crippen LogP contribution in [0.1, 0.15) is 22.2 Å². The van der Waals surface area contributed by atoms with Crippen LogP contribution in [0.15, 0.2) is 28.2 Å². The highest BCUT2D eigenvalue weighted by atomic mass is 79.9. The normalized spacial score (nSPS) is 12.4. The van der Waals surface area contributed by atoms with Crippen molar-refractivity contribution in [2.75, 3.05) is 7.11 Å². The van der Waals surface area contributed by atoms with Crippen molar-refractivity contribution in [3.8, 4) is 5.75 Å². The minimum absolute atomic E-state index is 0.0767. The van der Waals surface area contributed by atoms with Crippen LogP contribution in [0.25, 0.3) is 0 Å². The molecule has 0 aliphatic heterocycles. The van der Waals surface area contributed by atoms with Gasteiger partial charge in [0.15, 0.2) is 0 Å². The summed E-state index contributed by atoms with van der Waals surface area (Å²) in [7, 11) is 1.66. The maximum atomic E-state index is 5.67. The number of halogens is 1. The number of benzene rings is 1. The van der Waals surface area contributed by atoms with Crippen LogP contribution in [0.5, 0.6) is 5.75 Å². The van der Waals surface area contributed by atoms with E-state index in [1.807, 2.05) is 24.6 Å². The molecule has 1 aromatic carbocycles. The molecule has 102 valence electrons. The van der Waals surface area contributed by atoms with E-state index in [4.69, 9.17) is 10.6 Å². The van der Waals surface area contributed by atoms with Gasteiger partial charge < -0.3 is 4.74 Å². The van der Waals surface area contributed by atoms with Crippen molar-refractivity contribution < 1.29 is 4.74 Å². The molecule has 2 rings (SSSR count). The van der Waals surface area contributed by atoms with Crippen molar-refractivity contribution in [2.45, 2.75) is 19.4 Å². The molecule has 0 fully saturated rings. The first kappa shape index (κ1) is 14.5. The van der Waals surface area contributed by atoms with Crippen molar-refractivity contribution in [1.82, 2.24) is 10.4 Å². The zero-order chi connectivity index (χ0) is 13.8. The van der Waals surface area contributed by atoms with Gasteiger partial charge in [0.05, 0.1) is 28.8 Å². The summed E-state index contributed by atoms with van der Waals surface area (Å²) in [6, 6.07) is 6.13. The Kier molecular flexibility index (Phi) is 4.93. The molecule has 0 bridgehead atoms. The van der Waals surface area contributed by atoms with Gasteiger partial charge in [-0.05, 0) is 47.0 Å². The number of methoxy groups -OCH3 is 1. The third kappa shape index (κ3) is 3.33. The monoisotopic (exact) mass is 341 g/mol. The molecule has 4 nitrogen and oxygen atoms in total. The minimum Gasteiger partial charge on any atom is -0.496 e. The molecule has 1 aromatic heterocycles. The highest BCUT2D eigenvalue weighted by Crippen LogP contribution is 2.29. The number of nitrogens with two attached hydrogens (primary N) is 1. The Bertz CT molecular complexity index is 559. The second-order valence-electron chi connectivity index (χ2n) is 4.19. The number of thiazole rings is 1. The van der Waals surface area contributed by atoms with E-state index in [0.29, 0.717) is 0 Å². The third-order valence-corrected chi connectivity index (χ3v) is 4.62. The van der Waals surface area contributed by atoms with Crippen molar-refractivity contribution in [1.29, 1.82) is 0 Å². The smallest absolute Gasteiger partial charge is 0.133 e. The summed E-state index contributed by atoms with van der Waals surface area (Å²) in [5.41, 5.74) is 6.92. The van der Waals surface area contributed by atoms with Crippen LogP contribution in [0.4, 0.5) is 0 Å². The molecule has 1 unspecified atom stereocenters. The third-order valence-electron chi connectivity index (χ3n) is 2.96. The molecule has 19 heavy (non-hydrogen) atoms. The Morgan fingerprint density at radius 3 is 2.84 bits per heavy atom. The van der Waals surface area contributed by atoms with E-state index in [0.717, 1.165) is 22.3 Å². The second-order valence-corrected chi connectivity index (χ2v) is 5.93. The van der Waals surface area contributed by atoms with Crippen LogP contribution in [0.3, 0.4) is 0 Å². The van der Waals surface area contributed by atoms with Crippen LogP contribution in [0.2, 0.25) is 0 Å². The fraction of sp³-hybridized carbons (Fsp3) is 0.308. The van der Waals surface area contributed by atoms with Gasteiger partial charge >= 0.3 is 0 Å². The molecule has 0 radical (unpaired) electrons. The second kappa shape index (κ2) is 6.47. The van der Waals surface area contributed by atoms with E-state index < -0.39 is 0 Å². The van der Waals surface area contributed by atoms with Crippen LogP contribution < -0.4 is 16.0 Å². The Hall–Kier alpha value is -0.950. The zero-order valence-electron chi connectivity index (χ0n) is 10.8. The van der Waals surface area contributed by atoms with Gasteiger partial charge in [-0.15, -0.1) is 11.3 Å². The molecule has 6 heteroatoms. The van der Waals surface area contributed by atoms with Crippen molar-refractivity contribution >= 4 is 27.3 Å². The van der Waals surface area contributed by atoms with E-state index in [1.54, 1.807) is 18.4 Å². The van der Waals surface area contributed by atoms with E-state index in [2.05, 4.69) is 32.4 Å². The molecule has 0 aliphatic rings. The summed E-state index contributed by atoms with van der Waals surface area (Å²) in [6.07, 6.45) is 0.808. The predicted octanol–water partition coefficient (Wildman–Crippen LogP) is 2.97. The quantitative estimate of drug-likeness (QED) is 0.648. The minimum atomic E-state index is 0.0767. The maximum absolute atomic E-state index is 5.67. The molecule has 1 heterocycles. The molecular formula is C13H16BrN3OS. The SMILES string of the molecule is COc1ccc(CC(NN)c2scnc2C)cc1Br. The van der Waals surface area contributed by atoms with Gasteiger partial charge in [-0.3, -0.25) is 11.3 Å². The Morgan fingerprint density at radius 1 is 1.53 bits per heavy atom. The largest absolute Gasteiger partial charge is 0.496 e. The number of aryl methyl sites for hydroxylation is 1. The molecular weight excluding hydrogens is 326 g/mol. The number of nitrogens with one attached hydrogen (secondary N) is 1. The highest BCUT2D eigenvalue weighted by molar-refractivity contribution is 9.10. The number of ether oxygens (including phenoxy) is 1. The van der Waals surface area contributed by atoms with Gasteiger partial charge in [0.25, 0.3) is 0 Å². The number of aromatic nitrogens is 1. The lowest BCUT2D eigenvalue weighted by molar-refractivity contribution is 0.412. The van der Waals surface area contributed by atoms with E-state index >= 15 is 0 Å². The van der Waals surface area contributed by atoms with Crippen LogP contribution in [-0.4, -0.2) is 12.1 Å². The lowest BCUT2D eigenvalue weighted by Crippen LogP contribution is -2.29. The van der Waals surface area contributed by atoms with Gasteiger partial charge in [0, 0.05) is 4.88 Å². The van der Waals surface area contributed by atoms with E-state index in [1.165, 1.54) is 10.4 Å². The lowest BCUT2D eigenvalue weighted by Gasteiger charge is -2.15. The predicted molar refractivity (Wildman–Crippen MR) is 81.3 cm³/mol. The summed E-state index contributed by atoms with van der Waals surface area (Å²) >= 11 is 5.12. The van der Waals surface area contributed by atoms with Crippen LogP contribution in [-0.2, 0) is 6.42 Å². The van der Waals surface area contributed by atoms with Gasteiger partial charge in [-0.1, -0.05) is 6.07 Å². The topological polar surface area (TPSA) is 60.2 Å². The van der Waals surface area contributed by atoms with Crippen LogP contribution >= 0.6 is 27.3 Å². The van der Waals surface area contributed by atoms with Gasteiger partial charge in [-0.2, -0.15) is 0 Å². The Morgan fingerprint density at radius 2 is 2.32 bits per heavy atom. The Balaban J connectivity index is 2.19. The summed E-state index contributed by atoms with van der Waals surface area (Å²) in [5.74, 6) is 6.50. The molecule has 0 saturated carbocycles. The molecule has 0 amide bonds. The fourth-order valence-electron chi connectivity index (χ4n) is 1.95. The molecule has 3 N–H and O–H groups in total. The highest BCUT2D eigenvalue weighted by Gasteiger charge is 2.16. The molecule has 0 spiro atoms. The Labute approximate surface area is 125 Å². The first-order chi connectivity index (χ1) is 9.15. The number of hydrogen-bond acceptors (Lipinski definition) is 5. The zero-order valence-corrected chi connectivity index (χ0v) is 13.2. The summed E-state index contributed by atoms with van der Waals surface area (Å²) in [5, 5.41) is 0. The molecule has 1 atom stereocenters. The summed E-state index contributed by atoms with van der Waals surface area (Å²) in [4.78, 5) is 5.44. The number of hydrazine groups is 1. The average Bonchev–Trinajstić information content (AvgIpc) is 2.82. The number of rotatable bonds is 5. The molecule has 2 aromatic rings. The van der Waals surface area contributed by atoms with Crippen molar-refractivity contribution in [2.24, 2.45) is 5.84 Å². The van der Waals surface area contributed by atoms with Gasteiger partial charge in [0.1, 0.15) is 5.75 Å². The first-order valence-corrected chi connectivity index (χ1v) is 7.51. The fourth-order valence-corrected chi connectivity index (χ4v) is 3.40. The maximum Gasteiger partial charge on any atom is 0.133 e. The van der Waals surface area contributed by atoms with Crippen molar-refractivity contribution in [3.05, 3.63) is 44.3 Å². The average molecular weight is 342 g/mol. The van der Waals surface area contributed by atoms with Gasteiger partial charge in [-0.25, -0.2) is 4.98 Å². The lowest BCUT2D eigenvalue weighted by atomic mass is 10.0. The molecule has 0 aliphatic carbocycles. The first-order valence-electron chi connectivity index (χ1n) is 5.84. The van der Waals surface area contributed by atoms with Gasteiger partial charge in [0.2, 0.25) is 0 Å². The summed E-state index contributed by atoms with van der Waals surface area (Å²) in [6.45, 7) is 2.00. The number of nitrogens with zero attached hydrogens (tertiary/aromatic N) is 1. The van der Waals surface area contributed by atoms with E-state index in [-0.39, 0.29) is 6.04 Å². The van der Waals surface area contributed by atoms with Crippen LogP contribution in [0, 0.1) is 6.92 Å². The number of hydrogen-bond donors (Lipinski definition) is 2. The molecule has 0 saturated heterocycles. The summed E-state index contributed by atoms with van der Waals surface area (Å²) < 4.78 is 6.18.